The van der Waals surface area contributed by atoms with E-state index in [4.69, 9.17) is 12.2 Å². The largest absolute Gasteiger partial charge is 0.363 e. The van der Waals surface area contributed by atoms with Gasteiger partial charge in [-0.2, -0.15) is 11.8 Å². The van der Waals surface area contributed by atoms with Crippen LogP contribution in [0.25, 0.3) is 0 Å². The molecule has 0 saturated carbocycles. The van der Waals surface area contributed by atoms with Gasteiger partial charge in [0.15, 0.2) is 5.11 Å². The van der Waals surface area contributed by atoms with Crippen LogP contribution in [0, 0.1) is 5.92 Å². The summed E-state index contributed by atoms with van der Waals surface area (Å²) >= 11 is 7.40. The fraction of sp³-hybridized carbons (Fsp3) is 0.900. The molecule has 1 unspecified atom stereocenters. The molecule has 1 aliphatic rings. The van der Waals surface area contributed by atoms with Gasteiger partial charge in [0.25, 0.3) is 0 Å². The van der Waals surface area contributed by atoms with Gasteiger partial charge in [0.1, 0.15) is 0 Å². The molecule has 0 radical (unpaired) electrons. The minimum Gasteiger partial charge on any atom is -0.363 e. The fourth-order valence-corrected chi connectivity index (χ4v) is 2.80. The summed E-state index contributed by atoms with van der Waals surface area (Å²) in [6.45, 7) is 7.67. The van der Waals surface area contributed by atoms with E-state index in [2.05, 4.69) is 24.1 Å². The first kappa shape index (κ1) is 12.1. The summed E-state index contributed by atoms with van der Waals surface area (Å²) in [6.07, 6.45) is 1.14. The molecule has 4 heteroatoms. The van der Waals surface area contributed by atoms with Crippen molar-refractivity contribution in [3.8, 4) is 0 Å². The average Bonchev–Trinajstić information content (AvgIpc) is 2.39. The molecule has 0 spiro atoms. The van der Waals surface area contributed by atoms with Gasteiger partial charge in [-0.05, 0) is 30.3 Å². The third-order valence-corrected chi connectivity index (χ3v) is 3.93. The van der Waals surface area contributed by atoms with E-state index in [9.17, 15) is 0 Å². The maximum Gasteiger partial charge on any atom is 0.168 e. The molecule has 0 aromatic rings. The SMILES string of the molecule is CCCNC(=S)N1CCSCC(C)C1. The van der Waals surface area contributed by atoms with E-state index in [0.29, 0.717) is 0 Å². The first-order valence-corrected chi connectivity index (χ1v) is 6.90. The molecule has 0 aliphatic carbocycles. The minimum absolute atomic E-state index is 0.754. The zero-order valence-electron chi connectivity index (χ0n) is 9.08. The first-order valence-electron chi connectivity index (χ1n) is 5.34. The van der Waals surface area contributed by atoms with E-state index < -0.39 is 0 Å². The quantitative estimate of drug-likeness (QED) is 0.732. The molecule has 1 aliphatic heterocycles. The van der Waals surface area contributed by atoms with Crippen LogP contribution in [0.5, 0.6) is 0 Å². The lowest BCUT2D eigenvalue weighted by molar-refractivity contribution is 0.388. The van der Waals surface area contributed by atoms with Gasteiger partial charge in [0, 0.05) is 25.4 Å². The second-order valence-electron chi connectivity index (χ2n) is 3.86. The Labute approximate surface area is 96.8 Å². The summed E-state index contributed by atoms with van der Waals surface area (Å²) in [7, 11) is 0. The highest BCUT2D eigenvalue weighted by Crippen LogP contribution is 2.15. The Bertz CT molecular complexity index is 185. The molecule has 1 rings (SSSR count). The van der Waals surface area contributed by atoms with Crippen molar-refractivity contribution in [3.63, 3.8) is 0 Å². The molecule has 0 aromatic carbocycles. The average molecular weight is 232 g/mol. The molecule has 0 bridgehead atoms. The molecule has 1 N–H and O–H groups in total. The first-order chi connectivity index (χ1) is 6.74. The van der Waals surface area contributed by atoms with Crippen LogP contribution in [0.3, 0.4) is 0 Å². The molecular formula is C10H20N2S2. The number of rotatable bonds is 2. The Morgan fingerprint density at radius 3 is 3.14 bits per heavy atom. The monoisotopic (exact) mass is 232 g/mol. The van der Waals surface area contributed by atoms with E-state index in [1.165, 1.54) is 11.5 Å². The number of hydrogen-bond donors (Lipinski definition) is 1. The lowest BCUT2D eigenvalue weighted by Gasteiger charge is -2.25. The van der Waals surface area contributed by atoms with Gasteiger partial charge in [-0.3, -0.25) is 0 Å². The van der Waals surface area contributed by atoms with Gasteiger partial charge in [0.2, 0.25) is 0 Å². The maximum atomic E-state index is 5.36. The highest BCUT2D eigenvalue weighted by atomic mass is 32.2. The van der Waals surface area contributed by atoms with Crippen LogP contribution in [0.1, 0.15) is 20.3 Å². The summed E-state index contributed by atoms with van der Waals surface area (Å²) in [5.41, 5.74) is 0. The number of hydrogen-bond acceptors (Lipinski definition) is 2. The standard InChI is InChI=1S/C10H20N2S2/c1-3-4-11-10(13)12-5-6-14-8-9(2)7-12/h9H,3-8H2,1-2H3,(H,11,13). The van der Waals surface area contributed by atoms with Crippen molar-refractivity contribution in [2.75, 3.05) is 31.1 Å². The second-order valence-corrected chi connectivity index (χ2v) is 5.39. The Balaban J connectivity index is 2.36. The predicted octanol–water partition coefficient (Wildman–Crippen LogP) is 1.96. The lowest BCUT2D eigenvalue weighted by atomic mass is 10.2. The zero-order chi connectivity index (χ0) is 10.4. The van der Waals surface area contributed by atoms with Gasteiger partial charge in [-0.25, -0.2) is 0 Å². The topological polar surface area (TPSA) is 15.3 Å². The van der Waals surface area contributed by atoms with Crippen molar-refractivity contribution in [3.05, 3.63) is 0 Å². The predicted molar refractivity (Wildman–Crippen MR) is 69.0 cm³/mol. The van der Waals surface area contributed by atoms with Crippen LogP contribution < -0.4 is 5.32 Å². The summed E-state index contributed by atoms with van der Waals surface area (Å²) in [5.74, 6) is 3.23. The maximum absolute atomic E-state index is 5.36. The van der Waals surface area contributed by atoms with E-state index >= 15 is 0 Å². The van der Waals surface area contributed by atoms with Gasteiger partial charge in [-0.15, -0.1) is 0 Å². The van der Waals surface area contributed by atoms with Crippen molar-refractivity contribution in [2.24, 2.45) is 5.92 Å². The number of thioether (sulfide) groups is 1. The van der Waals surface area contributed by atoms with E-state index in [0.717, 1.165) is 37.1 Å². The van der Waals surface area contributed by atoms with Crippen molar-refractivity contribution in [1.29, 1.82) is 0 Å². The normalized spacial score (nSPS) is 23.0. The summed E-state index contributed by atoms with van der Waals surface area (Å²) in [6, 6.07) is 0. The third-order valence-electron chi connectivity index (χ3n) is 2.25. The van der Waals surface area contributed by atoms with Crippen LogP contribution in [0.2, 0.25) is 0 Å². The summed E-state index contributed by atoms with van der Waals surface area (Å²) in [5, 5.41) is 4.24. The van der Waals surface area contributed by atoms with Crippen LogP contribution in [0.4, 0.5) is 0 Å². The molecule has 1 fully saturated rings. The minimum atomic E-state index is 0.754. The molecule has 0 amide bonds. The summed E-state index contributed by atoms with van der Waals surface area (Å²) in [4.78, 5) is 2.32. The summed E-state index contributed by atoms with van der Waals surface area (Å²) < 4.78 is 0. The van der Waals surface area contributed by atoms with Crippen LogP contribution in [0.15, 0.2) is 0 Å². The highest BCUT2D eigenvalue weighted by molar-refractivity contribution is 7.99. The third kappa shape index (κ3) is 4.05. The molecule has 0 aromatic heterocycles. The second kappa shape index (κ2) is 6.51. The van der Waals surface area contributed by atoms with Crippen molar-refractivity contribution >= 4 is 29.1 Å². The van der Waals surface area contributed by atoms with Crippen LogP contribution in [-0.2, 0) is 0 Å². The van der Waals surface area contributed by atoms with Gasteiger partial charge >= 0.3 is 0 Å². The smallest absolute Gasteiger partial charge is 0.168 e. The van der Waals surface area contributed by atoms with Crippen LogP contribution in [-0.4, -0.2) is 41.2 Å². The molecule has 2 nitrogen and oxygen atoms in total. The number of nitrogens with one attached hydrogen (secondary N) is 1. The molecule has 1 heterocycles. The van der Waals surface area contributed by atoms with Gasteiger partial charge < -0.3 is 10.2 Å². The zero-order valence-corrected chi connectivity index (χ0v) is 10.7. The van der Waals surface area contributed by atoms with Crippen molar-refractivity contribution in [1.82, 2.24) is 10.2 Å². The van der Waals surface area contributed by atoms with Crippen LogP contribution >= 0.6 is 24.0 Å². The Morgan fingerprint density at radius 2 is 2.43 bits per heavy atom. The van der Waals surface area contributed by atoms with Gasteiger partial charge in [-0.1, -0.05) is 13.8 Å². The van der Waals surface area contributed by atoms with Gasteiger partial charge in [0.05, 0.1) is 0 Å². The molecule has 82 valence electrons. The van der Waals surface area contributed by atoms with E-state index in [-0.39, 0.29) is 0 Å². The number of thiocarbonyl (C=S) groups is 1. The lowest BCUT2D eigenvalue weighted by Crippen LogP contribution is -2.42. The van der Waals surface area contributed by atoms with E-state index in [1.807, 2.05) is 11.8 Å². The Kier molecular flexibility index (Phi) is 5.63. The molecule has 1 saturated heterocycles. The molecular weight excluding hydrogens is 212 g/mol. The molecule has 14 heavy (non-hydrogen) atoms. The fourth-order valence-electron chi connectivity index (χ4n) is 1.51. The highest BCUT2D eigenvalue weighted by Gasteiger charge is 2.16. The Morgan fingerprint density at radius 1 is 1.64 bits per heavy atom. The Hall–Kier alpha value is 0.0400. The van der Waals surface area contributed by atoms with Crippen molar-refractivity contribution in [2.45, 2.75) is 20.3 Å². The van der Waals surface area contributed by atoms with Crippen molar-refractivity contribution < 1.29 is 0 Å². The molecule has 1 atom stereocenters. The number of nitrogens with zero attached hydrogens (tertiary/aromatic N) is 1. The van der Waals surface area contributed by atoms with E-state index in [1.54, 1.807) is 0 Å².